The number of hydrogen-bond acceptors (Lipinski definition) is 4. The van der Waals surface area contributed by atoms with Crippen molar-refractivity contribution < 1.29 is 18.0 Å². The van der Waals surface area contributed by atoms with Crippen LogP contribution in [0.15, 0.2) is 36.4 Å². The quantitative estimate of drug-likeness (QED) is 0.429. The van der Waals surface area contributed by atoms with Gasteiger partial charge in [0, 0.05) is 26.7 Å². The molecule has 0 bridgehead atoms. The molecule has 2 aromatic carbocycles. The predicted molar refractivity (Wildman–Crippen MR) is 150 cm³/mol. The summed E-state index contributed by atoms with van der Waals surface area (Å²) in [5.74, 6) is -0.874. The van der Waals surface area contributed by atoms with Crippen LogP contribution in [0.4, 0.5) is 5.69 Å². The minimum absolute atomic E-state index is 0.0352. The van der Waals surface area contributed by atoms with Crippen LogP contribution in [0, 0.1) is 13.8 Å². The number of nitrogens with one attached hydrogen (secondary N) is 1. The Bertz CT molecular complexity index is 1240. The van der Waals surface area contributed by atoms with Gasteiger partial charge in [0.1, 0.15) is 12.6 Å². The fourth-order valence-electron chi connectivity index (χ4n) is 3.57. The van der Waals surface area contributed by atoms with Gasteiger partial charge < -0.3 is 10.2 Å². The molecule has 0 heterocycles. The van der Waals surface area contributed by atoms with E-state index < -0.39 is 28.7 Å². The van der Waals surface area contributed by atoms with Gasteiger partial charge in [-0.2, -0.15) is 12.7 Å². The third-order valence-corrected chi connectivity index (χ3v) is 8.70. The van der Waals surface area contributed by atoms with Gasteiger partial charge in [0.05, 0.1) is 15.7 Å². The second kappa shape index (κ2) is 13.0. The molecule has 0 aliphatic carbocycles. The molecule has 2 amide bonds. The monoisotopic (exact) mass is 570 g/mol. The van der Waals surface area contributed by atoms with E-state index >= 15 is 0 Å². The van der Waals surface area contributed by atoms with Crippen LogP contribution in [0.3, 0.4) is 0 Å². The lowest BCUT2D eigenvalue weighted by molar-refractivity contribution is -0.139. The summed E-state index contributed by atoms with van der Waals surface area (Å²) in [6, 6.07) is 9.41. The van der Waals surface area contributed by atoms with Crippen molar-refractivity contribution in [3.05, 3.63) is 63.1 Å². The van der Waals surface area contributed by atoms with Gasteiger partial charge >= 0.3 is 10.2 Å². The number of halogens is 2. The Morgan fingerprint density at radius 1 is 1.00 bits per heavy atom. The molecule has 0 fully saturated rings. The normalized spacial score (nSPS) is 13.2. The van der Waals surface area contributed by atoms with E-state index in [1.165, 1.54) is 19.0 Å². The second-order valence-corrected chi connectivity index (χ2v) is 12.2. The lowest BCUT2D eigenvalue weighted by Crippen LogP contribution is -2.53. The molecule has 0 aliphatic rings. The molecule has 1 N–H and O–H groups in total. The number of aryl methyl sites for hydroxylation is 2. The fraction of sp³-hybridized carbons (Fsp3) is 0.462. The zero-order valence-electron chi connectivity index (χ0n) is 22.4. The largest absolute Gasteiger partial charge is 0.352 e. The summed E-state index contributed by atoms with van der Waals surface area (Å²) < 4.78 is 28.8. The molecule has 0 aromatic heterocycles. The van der Waals surface area contributed by atoms with Crippen LogP contribution in [-0.2, 0) is 26.3 Å². The van der Waals surface area contributed by atoms with Crippen molar-refractivity contribution in [3.8, 4) is 0 Å². The molecule has 0 saturated carbocycles. The maximum absolute atomic E-state index is 13.8. The smallest absolute Gasteiger partial charge is 0.304 e. The van der Waals surface area contributed by atoms with Gasteiger partial charge in [-0.05, 0) is 69.0 Å². The molecule has 37 heavy (non-hydrogen) atoms. The second-order valence-electron chi connectivity index (χ2n) is 9.35. The zero-order valence-corrected chi connectivity index (χ0v) is 24.7. The van der Waals surface area contributed by atoms with Gasteiger partial charge in [-0.1, -0.05) is 48.3 Å². The number of hydrogen-bond donors (Lipinski definition) is 1. The highest BCUT2D eigenvalue weighted by Gasteiger charge is 2.33. The van der Waals surface area contributed by atoms with Crippen LogP contribution < -0.4 is 9.62 Å². The van der Waals surface area contributed by atoms with Crippen LogP contribution in [-0.4, -0.2) is 62.2 Å². The first-order chi connectivity index (χ1) is 17.2. The van der Waals surface area contributed by atoms with Crippen molar-refractivity contribution in [2.24, 2.45) is 0 Å². The molecule has 204 valence electrons. The standard InChI is InChI=1S/C26H36Cl2N4O4S/c1-8-19(4)29-26(34)20(5)31(15-21-11-12-22(27)23(28)14-21)25(33)16-32(37(35,36)30(6)7)24-13-17(2)9-10-18(24)3/h9-14,19-20H,8,15-16H2,1-7H3,(H,29,34). The number of benzene rings is 2. The van der Waals surface area contributed by atoms with Crippen LogP contribution >= 0.6 is 23.2 Å². The minimum atomic E-state index is -4.03. The van der Waals surface area contributed by atoms with Crippen molar-refractivity contribution in [3.63, 3.8) is 0 Å². The Morgan fingerprint density at radius 3 is 2.22 bits per heavy atom. The molecule has 0 spiro atoms. The molecule has 0 saturated heterocycles. The van der Waals surface area contributed by atoms with E-state index in [2.05, 4.69) is 5.32 Å². The van der Waals surface area contributed by atoms with Gasteiger partial charge in [-0.3, -0.25) is 9.59 Å². The summed E-state index contributed by atoms with van der Waals surface area (Å²) in [6.45, 7) is 8.62. The van der Waals surface area contributed by atoms with E-state index in [-0.39, 0.29) is 18.5 Å². The first-order valence-corrected chi connectivity index (χ1v) is 14.2. The lowest BCUT2D eigenvalue weighted by atomic mass is 10.1. The number of rotatable bonds is 11. The molecule has 2 atom stereocenters. The number of carbonyl (C=O) groups excluding carboxylic acids is 2. The summed E-state index contributed by atoms with van der Waals surface area (Å²) in [7, 11) is -1.21. The van der Waals surface area contributed by atoms with Crippen molar-refractivity contribution in [2.45, 2.75) is 59.7 Å². The van der Waals surface area contributed by atoms with Crippen LogP contribution in [0.1, 0.15) is 43.9 Å². The van der Waals surface area contributed by atoms with Gasteiger partial charge in [0.25, 0.3) is 0 Å². The Morgan fingerprint density at radius 2 is 1.65 bits per heavy atom. The molecule has 2 rings (SSSR count). The maximum atomic E-state index is 13.8. The Labute approximate surface area is 230 Å². The first-order valence-electron chi connectivity index (χ1n) is 12.0. The molecule has 2 aromatic rings. The van der Waals surface area contributed by atoms with Gasteiger partial charge in [0.15, 0.2) is 0 Å². The Balaban J connectivity index is 2.53. The van der Waals surface area contributed by atoms with Crippen LogP contribution in [0.25, 0.3) is 0 Å². The summed E-state index contributed by atoms with van der Waals surface area (Å²) in [5.41, 5.74) is 2.59. The van der Waals surface area contributed by atoms with Crippen molar-refractivity contribution in [2.75, 3.05) is 24.9 Å². The maximum Gasteiger partial charge on any atom is 0.304 e. The highest BCUT2D eigenvalue weighted by Crippen LogP contribution is 2.27. The predicted octanol–water partition coefficient (Wildman–Crippen LogP) is 4.56. The SMILES string of the molecule is CCC(C)NC(=O)C(C)N(Cc1ccc(Cl)c(Cl)c1)C(=O)CN(c1cc(C)ccc1C)S(=O)(=O)N(C)C. The third-order valence-electron chi connectivity index (χ3n) is 6.16. The van der Waals surface area contributed by atoms with Crippen molar-refractivity contribution in [1.29, 1.82) is 0 Å². The fourth-order valence-corrected chi connectivity index (χ4v) is 5.01. The zero-order chi connectivity index (χ0) is 28.1. The van der Waals surface area contributed by atoms with Crippen LogP contribution in [0.2, 0.25) is 10.0 Å². The molecule has 0 radical (unpaired) electrons. The van der Waals surface area contributed by atoms with E-state index in [0.29, 0.717) is 26.9 Å². The minimum Gasteiger partial charge on any atom is -0.352 e. The first kappa shape index (κ1) is 30.9. The molecule has 8 nitrogen and oxygen atoms in total. The average molecular weight is 572 g/mol. The molecular formula is C26H36Cl2N4O4S. The van der Waals surface area contributed by atoms with Crippen LogP contribution in [0.5, 0.6) is 0 Å². The number of nitrogens with zero attached hydrogens (tertiary/aromatic N) is 3. The average Bonchev–Trinajstić information content (AvgIpc) is 2.83. The van der Waals surface area contributed by atoms with E-state index in [9.17, 15) is 18.0 Å². The number of amides is 2. The van der Waals surface area contributed by atoms with E-state index in [1.807, 2.05) is 32.9 Å². The van der Waals surface area contributed by atoms with Gasteiger partial charge in [-0.25, -0.2) is 4.31 Å². The number of carbonyl (C=O) groups is 2. The Kier molecular flexibility index (Phi) is 10.8. The summed E-state index contributed by atoms with van der Waals surface area (Å²) in [6.07, 6.45) is 0.723. The topological polar surface area (TPSA) is 90.0 Å². The van der Waals surface area contributed by atoms with E-state index in [1.54, 1.807) is 38.1 Å². The number of anilines is 1. The van der Waals surface area contributed by atoms with Gasteiger partial charge in [0.2, 0.25) is 11.8 Å². The molecular weight excluding hydrogens is 535 g/mol. The van der Waals surface area contributed by atoms with E-state index in [0.717, 1.165) is 20.6 Å². The van der Waals surface area contributed by atoms with E-state index in [4.69, 9.17) is 23.2 Å². The third kappa shape index (κ3) is 7.83. The summed E-state index contributed by atoms with van der Waals surface area (Å²) in [4.78, 5) is 28.2. The van der Waals surface area contributed by atoms with Crippen molar-refractivity contribution in [1.82, 2.24) is 14.5 Å². The molecule has 2 unspecified atom stereocenters. The van der Waals surface area contributed by atoms with Crippen molar-refractivity contribution >= 4 is 50.9 Å². The van der Waals surface area contributed by atoms with Gasteiger partial charge in [-0.15, -0.1) is 0 Å². The highest BCUT2D eigenvalue weighted by molar-refractivity contribution is 7.90. The summed E-state index contributed by atoms with van der Waals surface area (Å²) >= 11 is 12.2. The lowest BCUT2D eigenvalue weighted by Gasteiger charge is -2.33. The highest BCUT2D eigenvalue weighted by atomic mass is 35.5. The molecule has 11 heteroatoms. The molecule has 0 aliphatic heterocycles. The summed E-state index contributed by atoms with van der Waals surface area (Å²) in [5, 5.41) is 3.58. The Hall–Kier alpha value is -2.33.